The van der Waals surface area contributed by atoms with Crippen LogP contribution in [0.3, 0.4) is 0 Å². The van der Waals surface area contributed by atoms with E-state index in [0.29, 0.717) is 12.4 Å². The van der Waals surface area contributed by atoms with Crippen LogP contribution < -0.4 is 9.47 Å². The second kappa shape index (κ2) is 8.15. The van der Waals surface area contributed by atoms with E-state index in [2.05, 4.69) is 60.1 Å². The standard InChI is InChI=1S/C19H20INO2/c1-5-8-23-19-17(20)10-15(11-18(19)22-4)12-21-16-7-6-13(2)14(3)9-16/h5-7,9-12H,1,8H2,2-4H3. The highest BCUT2D eigenvalue weighted by atomic mass is 127. The van der Waals surface area contributed by atoms with Crippen LogP contribution in [0.1, 0.15) is 16.7 Å². The van der Waals surface area contributed by atoms with Crippen molar-refractivity contribution in [2.24, 2.45) is 4.99 Å². The zero-order valence-corrected chi connectivity index (χ0v) is 15.8. The first kappa shape index (κ1) is 17.5. The lowest BCUT2D eigenvalue weighted by Gasteiger charge is -2.12. The fourth-order valence-electron chi connectivity index (χ4n) is 2.05. The number of aryl methyl sites for hydroxylation is 2. The van der Waals surface area contributed by atoms with Crippen molar-refractivity contribution in [2.75, 3.05) is 13.7 Å². The zero-order chi connectivity index (χ0) is 16.8. The topological polar surface area (TPSA) is 30.8 Å². The van der Waals surface area contributed by atoms with Gasteiger partial charge in [-0.15, -0.1) is 0 Å². The van der Waals surface area contributed by atoms with Crippen molar-refractivity contribution in [3.05, 3.63) is 63.2 Å². The Bertz CT molecular complexity index is 738. The van der Waals surface area contributed by atoms with E-state index in [4.69, 9.17) is 9.47 Å². The molecule has 3 nitrogen and oxygen atoms in total. The molecule has 4 heteroatoms. The van der Waals surface area contributed by atoms with E-state index in [1.165, 1.54) is 11.1 Å². The molecule has 0 aliphatic rings. The van der Waals surface area contributed by atoms with Crippen LogP contribution in [0.25, 0.3) is 0 Å². The summed E-state index contributed by atoms with van der Waals surface area (Å²) in [5.41, 5.74) is 4.41. The molecule has 23 heavy (non-hydrogen) atoms. The van der Waals surface area contributed by atoms with E-state index in [1.54, 1.807) is 13.2 Å². The maximum absolute atomic E-state index is 5.66. The highest BCUT2D eigenvalue weighted by Crippen LogP contribution is 2.33. The molecule has 0 aliphatic carbocycles. The van der Waals surface area contributed by atoms with Crippen LogP contribution in [0.5, 0.6) is 11.5 Å². The van der Waals surface area contributed by atoms with Gasteiger partial charge in [0.25, 0.3) is 0 Å². The molecule has 0 spiro atoms. The first-order chi connectivity index (χ1) is 11.0. The molecule has 0 amide bonds. The van der Waals surface area contributed by atoms with Crippen LogP contribution in [0.15, 0.2) is 48.0 Å². The van der Waals surface area contributed by atoms with Gasteiger partial charge in [0.15, 0.2) is 11.5 Å². The number of hydrogen-bond acceptors (Lipinski definition) is 3. The molecule has 0 saturated heterocycles. The van der Waals surface area contributed by atoms with Crippen LogP contribution in [-0.2, 0) is 0 Å². The van der Waals surface area contributed by atoms with Gasteiger partial charge < -0.3 is 9.47 Å². The third-order valence-corrected chi connectivity index (χ3v) is 4.25. The Morgan fingerprint density at radius 2 is 1.96 bits per heavy atom. The number of hydrogen-bond donors (Lipinski definition) is 0. The van der Waals surface area contributed by atoms with E-state index >= 15 is 0 Å². The molecule has 2 rings (SSSR count). The van der Waals surface area contributed by atoms with Crippen molar-refractivity contribution in [3.8, 4) is 11.5 Å². The number of aliphatic imine (C=N–C) groups is 1. The number of ether oxygens (including phenoxy) is 2. The predicted molar refractivity (Wildman–Crippen MR) is 105 cm³/mol. The van der Waals surface area contributed by atoms with Gasteiger partial charge in [-0.1, -0.05) is 18.7 Å². The second-order valence-corrected chi connectivity index (χ2v) is 6.32. The van der Waals surface area contributed by atoms with Gasteiger partial charge in [0.1, 0.15) is 6.61 Å². The summed E-state index contributed by atoms with van der Waals surface area (Å²) in [6.45, 7) is 8.30. The summed E-state index contributed by atoms with van der Waals surface area (Å²) in [4.78, 5) is 4.55. The number of nitrogens with zero attached hydrogens (tertiary/aromatic N) is 1. The van der Waals surface area contributed by atoms with Gasteiger partial charge in [-0.3, -0.25) is 4.99 Å². The summed E-state index contributed by atoms with van der Waals surface area (Å²) in [6.07, 6.45) is 3.55. The molecule has 0 unspecified atom stereocenters. The third kappa shape index (κ3) is 4.58. The van der Waals surface area contributed by atoms with Crippen LogP contribution in [0, 0.1) is 17.4 Å². The fraction of sp³-hybridized carbons (Fsp3) is 0.211. The maximum atomic E-state index is 5.66. The van der Waals surface area contributed by atoms with E-state index in [-0.39, 0.29) is 0 Å². The predicted octanol–water partition coefficient (Wildman–Crippen LogP) is 5.23. The number of rotatable bonds is 6. The van der Waals surface area contributed by atoms with Gasteiger partial charge in [0.05, 0.1) is 16.4 Å². The second-order valence-electron chi connectivity index (χ2n) is 5.16. The molecule has 0 fully saturated rings. The molecule has 2 aromatic carbocycles. The molecular formula is C19H20INO2. The minimum atomic E-state index is 0.447. The highest BCUT2D eigenvalue weighted by Gasteiger charge is 2.10. The van der Waals surface area contributed by atoms with Gasteiger partial charge in [0, 0.05) is 6.21 Å². The highest BCUT2D eigenvalue weighted by molar-refractivity contribution is 14.1. The largest absolute Gasteiger partial charge is 0.493 e. The molecule has 120 valence electrons. The Labute approximate surface area is 151 Å². The monoisotopic (exact) mass is 421 g/mol. The summed E-state index contributed by atoms with van der Waals surface area (Å²) in [7, 11) is 1.64. The number of halogens is 1. The lowest BCUT2D eigenvalue weighted by atomic mass is 10.1. The van der Waals surface area contributed by atoms with Gasteiger partial charge in [-0.25, -0.2) is 0 Å². The van der Waals surface area contributed by atoms with Gasteiger partial charge >= 0.3 is 0 Å². The minimum absolute atomic E-state index is 0.447. The number of benzene rings is 2. The molecule has 0 N–H and O–H groups in total. The first-order valence-corrected chi connectivity index (χ1v) is 8.35. The summed E-state index contributed by atoms with van der Waals surface area (Å²) in [5, 5.41) is 0. The minimum Gasteiger partial charge on any atom is -0.493 e. The van der Waals surface area contributed by atoms with E-state index in [0.717, 1.165) is 20.6 Å². The van der Waals surface area contributed by atoms with Crippen molar-refractivity contribution in [1.82, 2.24) is 0 Å². The molecule has 0 radical (unpaired) electrons. The average molecular weight is 421 g/mol. The molecule has 0 saturated carbocycles. The van der Waals surface area contributed by atoms with Crippen molar-refractivity contribution in [1.29, 1.82) is 0 Å². The molecule has 0 bridgehead atoms. The lowest BCUT2D eigenvalue weighted by molar-refractivity contribution is 0.324. The molecule has 2 aromatic rings. The Morgan fingerprint density at radius 3 is 2.61 bits per heavy atom. The van der Waals surface area contributed by atoms with Crippen molar-refractivity contribution < 1.29 is 9.47 Å². The van der Waals surface area contributed by atoms with Gasteiger partial charge in [-0.2, -0.15) is 0 Å². The Morgan fingerprint density at radius 1 is 1.17 bits per heavy atom. The van der Waals surface area contributed by atoms with Gasteiger partial charge in [-0.05, 0) is 77.4 Å². The Balaban J connectivity index is 2.29. The Kier molecular flexibility index (Phi) is 6.21. The van der Waals surface area contributed by atoms with Crippen LogP contribution >= 0.6 is 22.6 Å². The van der Waals surface area contributed by atoms with Crippen LogP contribution in [0.2, 0.25) is 0 Å². The molecule has 0 atom stereocenters. The normalized spacial score (nSPS) is 10.8. The van der Waals surface area contributed by atoms with E-state index in [9.17, 15) is 0 Å². The molecule has 0 aromatic heterocycles. The van der Waals surface area contributed by atoms with Crippen LogP contribution in [0.4, 0.5) is 5.69 Å². The van der Waals surface area contributed by atoms with Crippen LogP contribution in [-0.4, -0.2) is 19.9 Å². The number of methoxy groups -OCH3 is 1. The van der Waals surface area contributed by atoms with Crippen molar-refractivity contribution >= 4 is 34.5 Å². The average Bonchev–Trinajstić information content (AvgIpc) is 2.54. The third-order valence-electron chi connectivity index (χ3n) is 3.45. The lowest BCUT2D eigenvalue weighted by Crippen LogP contribution is -1.99. The SMILES string of the molecule is C=CCOc1c(I)cc(C=Nc2ccc(C)c(C)c2)cc1OC. The van der Waals surface area contributed by atoms with Crippen molar-refractivity contribution in [2.45, 2.75) is 13.8 Å². The summed E-state index contributed by atoms with van der Waals surface area (Å²) in [5.74, 6) is 1.43. The summed E-state index contributed by atoms with van der Waals surface area (Å²) < 4.78 is 12.1. The quantitative estimate of drug-likeness (QED) is 0.363. The Hall–Kier alpha value is -1.82. The smallest absolute Gasteiger partial charge is 0.174 e. The first-order valence-electron chi connectivity index (χ1n) is 7.27. The van der Waals surface area contributed by atoms with Crippen molar-refractivity contribution in [3.63, 3.8) is 0 Å². The van der Waals surface area contributed by atoms with E-state index in [1.807, 2.05) is 24.4 Å². The van der Waals surface area contributed by atoms with E-state index < -0.39 is 0 Å². The maximum Gasteiger partial charge on any atom is 0.174 e. The summed E-state index contributed by atoms with van der Waals surface area (Å²) in [6, 6.07) is 10.1. The molecule has 0 heterocycles. The molecular weight excluding hydrogens is 401 g/mol. The molecule has 0 aliphatic heterocycles. The summed E-state index contributed by atoms with van der Waals surface area (Å²) >= 11 is 2.24. The zero-order valence-electron chi connectivity index (χ0n) is 13.6. The van der Waals surface area contributed by atoms with Gasteiger partial charge in [0.2, 0.25) is 0 Å². The fourth-order valence-corrected chi connectivity index (χ4v) is 2.83.